The largest absolute Gasteiger partial charge is 0.460 e. The van der Waals surface area contributed by atoms with E-state index in [1.54, 1.807) is 0 Å². The van der Waals surface area contributed by atoms with Gasteiger partial charge in [-0.2, -0.15) is 57.1 Å². The van der Waals surface area contributed by atoms with Crippen LogP contribution < -0.4 is 5.32 Å². The molecule has 0 aliphatic rings. The molecule has 0 bridgehead atoms. The summed E-state index contributed by atoms with van der Waals surface area (Å²) in [5.41, 5.74) is -1.08. The van der Waals surface area contributed by atoms with E-state index in [9.17, 15) is 67.0 Å². The van der Waals surface area contributed by atoms with E-state index in [-0.39, 0.29) is 0 Å². The third-order valence-electron chi connectivity index (χ3n) is 4.57. The minimum atomic E-state index is -7.98. The standard InChI is InChI=1S/C18H24F13NO3/c1-8(2)10(32-11(34)35-12(3,4)5)9(33)6-7-13(19,20)14(21,22)15(23,24)16(25,26)17(27,28)18(29,30)31/h8-10,33H,6-7H2,1-5H3,(H,32,34)/t9-,10+/m1/s1. The molecule has 0 aromatic heterocycles. The smallest absolute Gasteiger partial charge is 0.444 e. The molecule has 0 aromatic rings. The highest BCUT2D eigenvalue weighted by molar-refractivity contribution is 5.68. The Morgan fingerprint density at radius 2 is 1.17 bits per heavy atom. The van der Waals surface area contributed by atoms with Crippen molar-refractivity contribution < 1.29 is 71.7 Å². The van der Waals surface area contributed by atoms with Crippen LogP contribution in [0.3, 0.4) is 0 Å². The number of hydrogen-bond acceptors (Lipinski definition) is 3. The van der Waals surface area contributed by atoms with Crippen LogP contribution in [-0.2, 0) is 4.74 Å². The van der Waals surface area contributed by atoms with Gasteiger partial charge in [-0.1, -0.05) is 13.8 Å². The van der Waals surface area contributed by atoms with Crippen molar-refractivity contribution in [3.8, 4) is 0 Å². The minimum Gasteiger partial charge on any atom is -0.444 e. The molecule has 2 N–H and O–H groups in total. The Morgan fingerprint density at radius 1 is 0.771 bits per heavy atom. The van der Waals surface area contributed by atoms with Crippen LogP contribution in [0.25, 0.3) is 0 Å². The number of amides is 1. The van der Waals surface area contributed by atoms with Crippen molar-refractivity contribution >= 4 is 6.09 Å². The van der Waals surface area contributed by atoms with Gasteiger partial charge in [0.2, 0.25) is 0 Å². The third-order valence-corrected chi connectivity index (χ3v) is 4.57. The molecule has 0 radical (unpaired) electrons. The second kappa shape index (κ2) is 10.00. The van der Waals surface area contributed by atoms with E-state index in [1.807, 2.05) is 5.32 Å². The maximum absolute atomic E-state index is 13.9. The van der Waals surface area contributed by atoms with Gasteiger partial charge in [0, 0.05) is 6.42 Å². The van der Waals surface area contributed by atoms with Gasteiger partial charge in [0.05, 0.1) is 12.1 Å². The average molecular weight is 549 g/mol. The van der Waals surface area contributed by atoms with Gasteiger partial charge in [-0.15, -0.1) is 0 Å². The molecule has 1 amide bonds. The molecule has 0 saturated heterocycles. The van der Waals surface area contributed by atoms with Crippen LogP contribution in [0, 0.1) is 5.92 Å². The van der Waals surface area contributed by atoms with Gasteiger partial charge in [0.25, 0.3) is 0 Å². The lowest BCUT2D eigenvalue weighted by Crippen LogP contribution is -2.70. The summed E-state index contributed by atoms with van der Waals surface area (Å²) in [5.74, 6) is -38.2. The van der Waals surface area contributed by atoms with Crippen LogP contribution in [0.2, 0.25) is 0 Å². The quantitative estimate of drug-likeness (QED) is 0.310. The Bertz CT molecular complexity index is 730. The molecule has 210 valence electrons. The lowest BCUT2D eigenvalue weighted by molar-refractivity contribution is -0.440. The number of rotatable bonds is 10. The van der Waals surface area contributed by atoms with Crippen molar-refractivity contribution in [2.45, 2.75) is 101 Å². The SMILES string of the molecule is CC(C)[C@H](NC(=O)OC(C)(C)C)[C@H](O)CCC(F)(F)C(F)(F)C(F)(F)C(F)(F)C(F)(F)C(F)(F)F. The Kier molecular flexibility index (Phi) is 9.52. The molecule has 0 aliphatic heterocycles. The fourth-order valence-corrected chi connectivity index (χ4v) is 2.62. The van der Waals surface area contributed by atoms with E-state index in [4.69, 9.17) is 4.74 Å². The van der Waals surface area contributed by atoms with E-state index >= 15 is 0 Å². The second-order valence-electron chi connectivity index (χ2n) is 9.02. The summed E-state index contributed by atoms with van der Waals surface area (Å²) >= 11 is 0. The maximum Gasteiger partial charge on any atom is 0.460 e. The molecule has 0 aliphatic carbocycles. The van der Waals surface area contributed by atoms with Gasteiger partial charge in [0.15, 0.2) is 0 Å². The Hall–Kier alpha value is -1.68. The molecule has 0 heterocycles. The van der Waals surface area contributed by atoms with Gasteiger partial charge in [-0.05, 0) is 33.1 Å². The van der Waals surface area contributed by atoms with Gasteiger partial charge in [0.1, 0.15) is 5.60 Å². The molecule has 0 unspecified atom stereocenters. The van der Waals surface area contributed by atoms with E-state index in [0.717, 1.165) is 0 Å². The number of carbonyl (C=O) groups is 1. The summed E-state index contributed by atoms with van der Waals surface area (Å²) < 4.78 is 176. The Balaban J connectivity index is 5.84. The first-order valence-electron chi connectivity index (χ1n) is 9.70. The molecular formula is C18H24F13NO3. The number of aliphatic hydroxyl groups excluding tert-OH is 1. The normalized spacial score (nSPS) is 16.8. The lowest BCUT2D eigenvalue weighted by Gasteiger charge is -2.40. The van der Waals surface area contributed by atoms with Crippen LogP contribution in [0.4, 0.5) is 61.9 Å². The van der Waals surface area contributed by atoms with Gasteiger partial charge in [-0.3, -0.25) is 0 Å². The Morgan fingerprint density at radius 3 is 1.51 bits per heavy atom. The number of aliphatic hydroxyl groups is 1. The average Bonchev–Trinajstić information content (AvgIpc) is 2.60. The number of ether oxygens (including phenoxy) is 1. The third kappa shape index (κ3) is 6.76. The highest BCUT2D eigenvalue weighted by Crippen LogP contribution is 2.60. The zero-order valence-corrected chi connectivity index (χ0v) is 18.8. The molecule has 0 rings (SSSR count). The van der Waals surface area contributed by atoms with E-state index in [2.05, 4.69) is 0 Å². The van der Waals surface area contributed by atoms with Gasteiger partial charge >= 0.3 is 41.9 Å². The number of nitrogens with one attached hydrogen (secondary N) is 1. The highest BCUT2D eigenvalue weighted by Gasteiger charge is 2.90. The monoisotopic (exact) mass is 549 g/mol. The molecular weight excluding hydrogens is 525 g/mol. The van der Waals surface area contributed by atoms with Gasteiger partial charge in [-0.25, -0.2) is 4.79 Å². The topological polar surface area (TPSA) is 58.6 Å². The predicted molar refractivity (Wildman–Crippen MR) is 94.0 cm³/mol. The van der Waals surface area contributed by atoms with Crippen LogP contribution in [-0.4, -0.2) is 64.7 Å². The zero-order chi connectivity index (χ0) is 28.6. The first kappa shape index (κ1) is 33.3. The molecule has 4 nitrogen and oxygen atoms in total. The highest BCUT2D eigenvalue weighted by atomic mass is 19.4. The number of halogens is 13. The molecule has 0 aromatic carbocycles. The molecule has 2 atom stereocenters. The van der Waals surface area contributed by atoms with E-state index in [0.29, 0.717) is 0 Å². The van der Waals surface area contributed by atoms with Crippen molar-refractivity contribution in [3.63, 3.8) is 0 Å². The van der Waals surface area contributed by atoms with E-state index < -0.39 is 78.4 Å². The first-order chi connectivity index (χ1) is 15.1. The number of alkyl carbamates (subject to hydrolysis) is 1. The molecule has 0 fully saturated rings. The van der Waals surface area contributed by atoms with Crippen molar-refractivity contribution in [2.24, 2.45) is 5.92 Å². The number of alkyl halides is 13. The van der Waals surface area contributed by atoms with Crippen LogP contribution >= 0.6 is 0 Å². The number of carbonyl (C=O) groups excluding carboxylic acids is 1. The van der Waals surface area contributed by atoms with Crippen LogP contribution in [0.15, 0.2) is 0 Å². The zero-order valence-electron chi connectivity index (χ0n) is 18.8. The van der Waals surface area contributed by atoms with Crippen LogP contribution in [0.1, 0.15) is 47.5 Å². The molecule has 0 saturated carbocycles. The summed E-state index contributed by atoms with van der Waals surface area (Å²) in [6.07, 6.45) is -15.1. The fourth-order valence-electron chi connectivity index (χ4n) is 2.62. The molecule has 0 spiro atoms. The summed E-state index contributed by atoms with van der Waals surface area (Å²) in [6, 6.07) is -1.54. The van der Waals surface area contributed by atoms with Crippen molar-refractivity contribution in [3.05, 3.63) is 0 Å². The predicted octanol–water partition coefficient (Wildman–Crippen LogP) is 6.42. The number of hydrogen-bond donors (Lipinski definition) is 2. The molecule has 17 heteroatoms. The van der Waals surface area contributed by atoms with Crippen LogP contribution in [0.5, 0.6) is 0 Å². The van der Waals surface area contributed by atoms with Crippen molar-refractivity contribution in [1.29, 1.82) is 0 Å². The lowest BCUT2D eigenvalue weighted by atomic mass is 9.89. The van der Waals surface area contributed by atoms with Crippen molar-refractivity contribution in [1.82, 2.24) is 5.32 Å². The van der Waals surface area contributed by atoms with Crippen molar-refractivity contribution in [2.75, 3.05) is 0 Å². The summed E-state index contributed by atoms with van der Waals surface area (Å²) in [5, 5.41) is 12.0. The minimum absolute atomic E-state index is 0.831. The fraction of sp³-hybridized carbons (Fsp3) is 0.944. The maximum atomic E-state index is 13.9. The molecule has 35 heavy (non-hydrogen) atoms. The Labute approximate surface area is 191 Å². The first-order valence-corrected chi connectivity index (χ1v) is 9.70. The van der Waals surface area contributed by atoms with Gasteiger partial charge < -0.3 is 15.2 Å². The summed E-state index contributed by atoms with van der Waals surface area (Å²) in [6.45, 7) is 6.80. The summed E-state index contributed by atoms with van der Waals surface area (Å²) in [4.78, 5) is 11.8. The second-order valence-corrected chi connectivity index (χ2v) is 9.02. The van der Waals surface area contributed by atoms with E-state index in [1.165, 1.54) is 34.6 Å². The summed E-state index contributed by atoms with van der Waals surface area (Å²) in [7, 11) is 0.